The Labute approximate surface area is 66.7 Å². The Bertz CT molecular complexity index is 97.8. The first-order valence-electron chi connectivity index (χ1n) is 1.82. The molecule has 0 aromatic carbocycles. The van der Waals surface area contributed by atoms with Crippen molar-refractivity contribution in [2.75, 3.05) is 0 Å². The Balaban J connectivity index is 0. The van der Waals surface area contributed by atoms with Crippen LogP contribution in [0.4, 0.5) is 30.7 Å². The third kappa shape index (κ3) is 4.45. The molecule has 0 radical (unpaired) electrons. The van der Waals surface area contributed by atoms with E-state index in [0.717, 1.165) is 0 Å². The van der Waals surface area contributed by atoms with E-state index in [1.807, 2.05) is 0 Å². The van der Waals surface area contributed by atoms with Gasteiger partial charge in [0, 0.05) is 22.7 Å². The molecule has 0 atom stereocenters. The first kappa shape index (κ1) is 13.6. The third-order valence-electron chi connectivity index (χ3n) is 0.498. The average molecular weight is 228 g/mol. The summed E-state index contributed by atoms with van der Waals surface area (Å²) >= 11 is 0. The van der Waals surface area contributed by atoms with Crippen LogP contribution in [-0.4, -0.2) is 12.4 Å². The Morgan fingerprint density at radius 3 is 0.909 bits per heavy atom. The van der Waals surface area contributed by atoms with Crippen LogP contribution < -0.4 is 0 Å². The Hall–Kier alpha value is 0.00351. The molecule has 8 heteroatoms. The van der Waals surface area contributed by atoms with Crippen LogP contribution in [0.2, 0.25) is 0 Å². The van der Waals surface area contributed by atoms with Gasteiger partial charge in [-0.05, 0) is 0 Å². The van der Waals surface area contributed by atoms with Gasteiger partial charge < -0.3 is 4.39 Å². The minimum atomic E-state index is -5.93. The maximum atomic E-state index is 11.1. The van der Waals surface area contributed by atoms with Crippen molar-refractivity contribution in [1.82, 2.24) is 0 Å². The zero-order valence-electron chi connectivity index (χ0n) is 4.46. The molecule has 0 amide bonds. The SMILES string of the molecule is F[C-](C(F)(F)F)C(F)(F)F.[Ni]. The van der Waals surface area contributed by atoms with Crippen LogP contribution in [0.25, 0.3) is 0 Å². The standard InChI is InChI=1S/C3F7.Ni/c4-1(2(5,6)7)3(8,9)10;/q-1;. The molecule has 0 nitrogen and oxygen atoms in total. The topological polar surface area (TPSA) is 0 Å². The molecule has 0 saturated heterocycles. The molecular formula is C3F7Ni-. The van der Waals surface area contributed by atoms with E-state index in [-0.39, 0.29) is 16.5 Å². The predicted molar refractivity (Wildman–Crippen MR) is 16.5 cm³/mol. The summed E-state index contributed by atoms with van der Waals surface area (Å²) in [5.74, 6) is 0. The van der Waals surface area contributed by atoms with Crippen molar-refractivity contribution in [2.24, 2.45) is 0 Å². The van der Waals surface area contributed by atoms with Gasteiger partial charge in [-0.1, -0.05) is 0 Å². The minimum Gasteiger partial charge on any atom is -0.438 e. The van der Waals surface area contributed by atoms with E-state index >= 15 is 0 Å². The molecule has 0 N–H and O–H groups in total. The largest absolute Gasteiger partial charge is 0.438 e. The van der Waals surface area contributed by atoms with Crippen LogP contribution in [0, 0.1) is 6.17 Å². The molecule has 0 saturated carbocycles. The van der Waals surface area contributed by atoms with Crippen molar-refractivity contribution in [3.8, 4) is 0 Å². The smallest absolute Gasteiger partial charge is 0.307 e. The van der Waals surface area contributed by atoms with Gasteiger partial charge in [-0.2, -0.15) is 0 Å². The first-order chi connectivity index (χ1) is 4.15. The van der Waals surface area contributed by atoms with Crippen molar-refractivity contribution in [3.63, 3.8) is 0 Å². The number of hydrogen-bond acceptors (Lipinski definition) is 0. The fraction of sp³-hybridized carbons (Fsp3) is 0.667. The Kier molecular flexibility index (Phi) is 4.45. The fourth-order valence-corrected chi connectivity index (χ4v) is 0.161. The molecule has 0 heterocycles. The summed E-state index contributed by atoms with van der Waals surface area (Å²) in [5, 5.41) is 0. The van der Waals surface area contributed by atoms with Gasteiger partial charge in [0.2, 0.25) is 0 Å². The maximum absolute atomic E-state index is 11.1. The van der Waals surface area contributed by atoms with Gasteiger partial charge in [-0.3, -0.25) is 0 Å². The van der Waals surface area contributed by atoms with E-state index < -0.39 is 18.5 Å². The number of hydrogen-bond donors (Lipinski definition) is 0. The van der Waals surface area contributed by atoms with Crippen LogP contribution in [0.15, 0.2) is 0 Å². The molecule has 0 fully saturated rings. The number of halogens is 7. The van der Waals surface area contributed by atoms with Gasteiger partial charge in [0.15, 0.2) is 0 Å². The minimum absolute atomic E-state index is 0. The Morgan fingerprint density at radius 2 is 0.909 bits per heavy atom. The monoisotopic (exact) mass is 227 g/mol. The van der Waals surface area contributed by atoms with Crippen molar-refractivity contribution in [1.29, 1.82) is 0 Å². The quantitative estimate of drug-likeness (QED) is 0.339. The van der Waals surface area contributed by atoms with Crippen molar-refractivity contribution in [2.45, 2.75) is 12.4 Å². The van der Waals surface area contributed by atoms with Crippen LogP contribution in [-0.2, 0) is 16.5 Å². The van der Waals surface area contributed by atoms with Crippen molar-refractivity contribution < 1.29 is 47.2 Å². The molecule has 0 aliphatic heterocycles. The molecule has 72 valence electrons. The number of alkyl halides is 6. The van der Waals surface area contributed by atoms with Gasteiger partial charge in [0.1, 0.15) is 0 Å². The van der Waals surface area contributed by atoms with Crippen molar-refractivity contribution >= 4 is 0 Å². The van der Waals surface area contributed by atoms with Gasteiger partial charge in [-0.25, -0.2) is 26.3 Å². The van der Waals surface area contributed by atoms with E-state index in [1.165, 1.54) is 0 Å². The van der Waals surface area contributed by atoms with E-state index in [2.05, 4.69) is 0 Å². The molecule has 0 bridgehead atoms. The summed E-state index contributed by atoms with van der Waals surface area (Å²) in [6.45, 7) is 0. The number of rotatable bonds is 0. The third-order valence-corrected chi connectivity index (χ3v) is 0.498. The normalized spacial score (nSPS) is 13.1. The fourth-order valence-electron chi connectivity index (χ4n) is 0.161. The molecule has 0 aromatic heterocycles. The second-order valence-electron chi connectivity index (χ2n) is 1.31. The zero-order chi connectivity index (χ0) is 8.58. The van der Waals surface area contributed by atoms with Crippen LogP contribution in [0.1, 0.15) is 0 Å². The first-order valence-corrected chi connectivity index (χ1v) is 1.82. The van der Waals surface area contributed by atoms with E-state index in [0.29, 0.717) is 0 Å². The molecule has 11 heavy (non-hydrogen) atoms. The maximum Gasteiger partial charge on any atom is 0.307 e. The van der Waals surface area contributed by atoms with Gasteiger partial charge >= 0.3 is 12.4 Å². The van der Waals surface area contributed by atoms with Gasteiger partial charge in [0.25, 0.3) is 0 Å². The van der Waals surface area contributed by atoms with E-state index in [1.54, 1.807) is 0 Å². The Morgan fingerprint density at radius 1 is 0.727 bits per heavy atom. The molecule has 0 aromatic rings. The summed E-state index contributed by atoms with van der Waals surface area (Å²) < 4.78 is 76.0. The second kappa shape index (κ2) is 3.60. The summed E-state index contributed by atoms with van der Waals surface area (Å²) in [6, 6.07) is 0. The zero-order valence-corrected chi connectivity index (χ0v) is 5.45. The molecule has 0 rings (SSSR count). The van der Waals surface area contributed by atoms with Crippen molar-refractivity contribution in [3.05, 3.63) is 6.17 Å². The van der Waals surface area contributed by atoms with E-state index in [4.69, 9.17) is 0 Å². The summed E-state index contributed by atoms with van der Waals surface area (Å²) in [7, 11) is 0. The van der Waals surface area contributed by atoms with Gasteiger partial charge in [0.05, 0.1) is 0 Å². The molecule has 0 aliphatic rings. The molecule has 0 spiro atoms. The molecular weight excluding hydrogens is 228 g/mol. The van der Waals surface area contributed by atoms with Gasteiger partial charge in [-0.15, -0.1) is 0 Å². The van der Waals surface area contributed by atoms with E-state index in [9.17, 15) is 30.7 Å². The average Bonchev–Trinajstić information content (AvgIpc) is 1.59. The summed E-state index contributed by atoms with van der Waals surface area (Å²) in [4.78, 5) is 0. The summed E-state index contributed by atoms with van der Waals surface area (Å²) in [6.07, 6.45) is -15.8. The van der Waals surface area contributed by atoms with Crippen LogP contribution >= 0.6 is 0 Å². The van der Waals surface area contributed by atoms with Crippen LogP contribution in [0.5, 0.6) is 0 Å². The molecule has 0 unspecified atom stereocenters. The van der Waals surface area contributed by atoms with Crippen LogP contribution in [0.3, 0.4) is 0 Å². The molecule has 0 aliphatic carbocycles. The predicted octanol–water partition coefficient (Wildman–Crippen LogP) is 2.61. The second-order valence-corrected chi connectivity index (χ2v) is 1.31. The summed E-state index contributed by atoms with van der Waals surface area (Å²) in [5.41, 5.74) is 0.